The summed E-state index contributed by atoms with van der Waals surface area (Å²) in [5, 5.41) is 6.52. The van der Waals surface area contributed by atoms with Gasteiger partial charge in [-0.15, -0.1) is 0 Å². The SMILES string of the molecule is O=S(=O)(NCc1cn[nH]c1)c1cccc(Cl)c1Cl. The molecule has 8 heteroatoms. The van der Waals surface area contributed by atoms with Crippen molar-refractivity contribution in [2.24, 2.45) is 0 Å². The highest BCUT2D eigenvalue weighted by atomic mass is 35.5. The summed E-state index contributed by atoms with van der Waals surface area (Å²) in [5.74, 6) is 0. The molecule has 2 rings (SSSR count). The standard InChI is InChI=1S/C10H9Cl2N3O2S/c11-8-2-1-3-9(10(8)12)18(16,17)15-6-7-4-13-14-5-7/h1-5,15H,6H2,(H,13,14). The van der Waals surface area contributed by atoms with Gasteiger partial charge in [-0.05, 0) is 12.1 Å². The Bertz CT molecular complexity index is 641. The summed E-state index contributed by atoms with van der Waals surface area (Å²) in [6.07, 6.45) is 3.13. The molecule has 1 aromatic carbocycles. The zero-order chi connectivity index (χ0) is 13.2. The van der Waals surface area contributed by atoms with Crippen molar-refractivity contribution in [3.8, 4) is 0 Å². The van der Waals surface area contributed by atoms with Crippen molar-refractivity contribution in [2.45, 2.75) is 11.4 Å². The van der Waals surface area contributed by atoms with Crippen molar-refractivity contribution in [1.29, 1.82) is 0 Å². The molecule has 2 aromatic rings. The summed E-state index contributed by atoms with van der Waals surface area (Å²) in [6, 6.07) is 4.45. The van der Waals surface area contributed by atoms with E-state index in [-0.39, 0.29) is 21.5 Å². The highest BCUT2D eigenvalue weighted by Crippen LogP contribution is 2.28. The van der Waals surface area contributed by atoms with Crippen molar-refractivity contribution in [1.82, 2.24) is 14.9 Å². The second kappa shape index (κ2) is 5.27. The van der Waals surface area contributed by atoms with Crippen molar-refractivity contribution in [3.05, 3.63) is 46.2 Å². The van der Waals surface area contributed by atoms with E-state index in [1.165, 1.54) is 24.4 Å². The zero-order valence-electron chi connectivity index (χ0n) is 9.02. The molecule has 0 saturated carbocycles. The number of benzene rings is 1. The van der Waals surface area contributed by atoms with Gasteiger partial charge in [-0.2, -0.15) is 5.10 Å². The summed E-state index contributed by atoms with van der Waals surface area (Å²) >= 11 is 11.6. The van der Waals surface area contributed by atoms with E-state index >= 15 is 0 Å². The summed E-state index contributed by atoms with van der Waals surface area (Å²) in [4.78, 5) is -0.0415. The Morgan fingerprint density at radius 1 is 1.33 bits per heavy atom. The lowest BCUT2D eigenvalue weighted by atomic mass is 10.4. The molecular weight excluding hydrogens is 297 g/mol. The van der Waals surface area contributed by atoms with Gasteiger partial charge >= 0.3 is 0 Å². The van der Waals surface area contributed by atoms with Crippen LogP contribution in [0.1, 0.15) is 5.56 Å². The predicted molar refractivity (Wildman–Crippen MR) is 69.1 cm³/mol. The highest BCUT2D eigenvalue weighted by Gasteiger charge is 2.19. The maximum Gasteiger partial charge on any atom is 0.242 e. The fraction of sp³-hybridized carbons (Fsp3) is 0.100. The lowest BCUT2D eigenvalue weighted by Gasteiger charge is -2.08. The number of nitrogens with one attached hydrogen (secondary N) is 2. The van der Waals surface area contributed by atoms with Crippen molar-refractivity contribution in [2.75, 3.05) is 0 Å². The van der Waals surface area contributed by atoms with Gasteiger partial charge in [0.2, 0.25) is 10.0 Å². The summed E-state index contributed by atoms with van der Waals surface area (Å²) in [5.41, 5.74) is 0.719. The van der Waals surface area contributed by atoms with Gasteiger partial charge in [0.25, 0.3) is 0 Å². The third-order valence-electron chi connectivity index (χ3n) is 2.23. The molecule has 1 aromatic heterocycles. The fourth-order valence-electron chi connectivity index (χ4n) is 1.32. The van der Waals surface area contributed by atoms with Crippen LogP contribution in [0, 0.1) is 0 Å². The number of hydrogen-bond acceptors (Lipinski definition) is 3. The lowest BCUT2D eigenvalue weighted by molar-refractivity contribution is 0.581. The van der Waals surface area contributed by atoms with Crippen LogP contribution in [0.3, 0.4) is 0 Å². The molecule has 0 unspecified atom stereocenters. The Labute approximate surface area is 114 Å². The second-order valence-corrected chi connectivity index (χ2v) is 6.00. The lowest BCUT2D eigenvalue weighted by Crippen LogP contribution is -2.23. The van der Waals surface area contributed by atoms with Crippen LogP contribution in [0.5, 0.6) is 0 Å². The van der Waals surface area contributed by atoms with Gasteiger partial charge in [-0.1, -0.05) is 29.3 Å². The van der Waals surface area contributed by atoms with Gasteiger partial charge in [-0.3, -0.25) is 5.10 Å². The minimum absolute atomic E-state index is 0.0128. The molecule has 0 fully saturated rings. The molecule has 1 heterocycles. The minimum atomic E-state index is -3.70. The first kappa shape index (κ1) is 13.4. The van der Waals surface area contributed by atoms with Crippen LogP contribution >= 0.6 is 23.2 Å². The molecule has 0 bridgehead atoms. The number of rotatable bonds is 4. The molecular formula is C10H9Cl2N3O2S. The Kier molecular flexibility index (Phi) is 3.91. The molecule has 96 valence electrons. The molecule has 2 N–H and O–H groups in total. The van der Waals surface area contributed by atoms with E-state index in [0.717, 1.165) is 5.56 Å². The molecule has 0 spiro atoms. The maximum atomic E-state index is 12.0. The van der Waals surface area contributed by atoms with Crippen LogP contribution in [0.15, 0.2) is 35.5 Å². The van der Waals surface area contributed by atoms with E-state index in [2.05, 4.69) is 14.9 Å². The molecule has 0 saturated heterocycles. The van der Waals surface area contributed by atoms with Crippen LogP contribution in [-0.2, 0) is 16.6 Å². The van der Waals surface area contributed by atoms with Crippen LogP contribution in [0.4, 0.5) is 0 Å². The number of aromatic amines is 1. The number of halogens is 2. The minimum Gasteiger partial charge on any atom is -0.285 e. The normalized spacial score (nSPS) is 11.7. The molecule has 0 aliphatic rings. The average Bonchev–Trinajstić information content (AvgIpc) is 2.83. The predicted octanol–water partition coefficient (Wildman–Crippen LogP) is 2.19. The number of nitrogens with zero attached hydrogens (tertiary/aromatic N) is 1. The number of hydrogen-bond donors (Lipinski definition) is 2. The summed E-state index contributed by atoms with van der Waals surface area (Å²) < 4.78 is 26.4. The first-order chi connectivity index (χ1) is 8.50. The van der Waals surface area contributed by atoms with E-state index < -0.39 is 10.0 Å². The van der Waals surface area contributed by atoms with Crippen molar-refractivity contribution in [3.63, 3.8) is 0 Å². The molecule has 0 atom stereocenters. The number of H-pyrrole nitrogens is 1. The first-order valence-electron chi connectivity index (χ1n) is 4.92. The summed E-state index contributed by atoms with van der Waals surface area (Å²) in [7, 11) is -3.70. The third kappa shape index (κ3) is 2.84. The van der Waals surface area contributed by atoms with E-state index in [9.17, 15) is 8.42 Å². The van der Waals surface area contributed by atoms with Crippen LogP contribution in [-0.4, -0.2) is 18.6 Å². The summed E-state index contributed by atoms with van der Waals surface area (Å²) in [6.45, 7) is 0.127. The molecule has 0 aliphatic carbocycles. The maximum absolute atomic E-state index is 12.0. The molecule has 0 radical (unpaired) electrons. The largest absolute Gasteiger partial charge is 0.285 e. The second-order valence-electron chi connectivity index (χ2n) is 3.48. The van der Waals surface area contributed by atoms with Crippen LogP contribution < -0.4 is 4.72 Å². The Hall–Kier alpha value is -1.08. The van der Waals surface area contributed by atoms with Gasteiger partial charge < -0.3 is 0 Å². The molecule has 18 heavy (non-hydrogen) atoms. The third-order valence-corrected chi connectivity index (χ3v) is 4.60. The van der Waals surface area contributed by atoms with Crippen LogP contribution in [0.2, 0.25) is 10.0 Å². The zero-order valence-corrected chi connectivity index (χ0v) is 11.4. The van der Waals surface area contributed by atoms with E-state index in [1.807, 2.05) is 0 Å². The van der Waals surface area contributed by atoms with Gasteiger partial charge in [0.05, 0.1) is 16.2 Å². The Balaban J connectivity index is 2.23. The molecule has 0 amide bonds. The molecule has 5 nitrogen and oxygen atoms in total. The van der Waals surface area contributed by atoms with Crippen LogP contribution in [0.25, 0.3) is 0 Å². The van der Waals surface area contributed by atoms with Gasteiger partial charge in [0.15, 0.2) is 0 Å². The van der Waals surface area contributed by atoms with E-state index in [0.29, 0.717) is 0 Å². The monoisotopic (exact) mass is 305 g/mol. The van der Waals surface area contributed by atoms with E-state index in [1.54, 1.807) is 6.20 Å². The highest BCUT2D eigenvalue weighted by molar-refractivity contribution is 7.89. The Morgan fingerprint density at radius 2 is 2.11 bits per heavy atom. The number of sulfonamides is 1. The first-order valence-corrected chi connectivity index (χ1v) is 7.16. The van der Waals surface area contributed by atoms with Crippen molar-refractivity contribution >= 4 is 33.2 Å². The smallest absolute Gasteiger partial charge is 0.242 e. The van der Waals surface area contributed by atoms with E-state index in [4.69, 9.17) is 23.2 Å². The van der Waals surface area contributed by atoms with Gasteiger partial charge in [0.1, 0.15) is 4.90 Å². The fourth-order valence-corrected chi connectivity index (χ4v) is 3.10. The van der Waals surface area contributed by atoms with Crippen molar-refractivity contribution < 1.29 is 8.42 Å². The quantitative estimate of drug-likeness (QED) is 0.909. The molecule has 0 aliphatic heterocycles. The average molecular weight is 306 g/mol. The van der Waals surface area contributed by atoms with Gasteiger partial charge in [-0.25, -0.2) is 13.1 Å². The topological polar surface area (TPSA) is 74.8 Å². The Morgan fingerprint density at radius 3 is 2.78 bits per heavy atom. The van der Waals surface area contributed by atoms with Gasteiger partial charge in [0, 0.05) is 18.3 Å². The number of aromatic nitrogens is 2.